The predicted molar refractivity (Wildman–Crippen MR) is 97.8 cm³/mol. The number of hydrogen-bond acceptors (Lipinski definition) is 4. The third-order valence-corrected chi connectivity index (χ3v) is 4.07. The Balaban J connectivity index is 2.02. The molecule has 0 aromatic heterocycles. The van der Waals surface area contributed by atoms with Crippen molar-refractivity contribution in [2.75, 3.05) is 26.1 Å². The number of nitrogens with one attached hydrogen (secondary N) is 1. The third kappa shape index (κ3) is 4.69. The molecule has 0 unspecified atom stereocenters. The minimum Gasteiger partial charge on any atom is -0.493 e. The van der Waals surface area contributed by atoms with Crippen LogP contribution in [0, 0.1) is 0 Å². The van der Waals surface area contributed by atoms with Gasteiger partial charge in [-0.25, -0.2) is 0 Å². The van der Waals surface area contributed by atoms with E-state index in [1.165, 1.54) is 20.3 Å². The molecule has 0 spiro atoms. The molecule has 2 aromatic rings. The Bertz CT molecular complexity index is 732. The lowest BCUT2D eigenvalue weighted by molar-refractivity contribution is -0.118. The fraction of sp³-hybridized carbons (Fsp3) is 0.188. The summed E-state index contributed by atoms with van der Waals surface area (Å²) in [4.78, 5) is 12.0. The minimum absolute atomic E-state index is 0.214. The number of rotatable bonds is 6. The molecule has 24 heavy (non-hydrogen) atoms. The van der Waals surface area contributed by atoms with Crippen LogP contribution in [0.15, 0.2) is 34.8 Å². The van der Waals surface area contributed by atoms with Gasteiger partial charge in [-0.2, -0.15) is 0 Å². The zero-order chi connectivity index (χ0) is 17.7. The monoisotopic (exact) mass is 433 g/mol. The second-order valence-electron chi connectivity index (χ2n) is 4.61. The Morgan fingerprint density at radius 1 is 1.12 bits per heavy atom. The Labute approximate surface area is 157 Å². The van der Waals surface area contributed by atoms with Crippen molar-refractivity contribution >= 4 is 50.7 Å². The van der Waals surface area contributed by atoms with Gasteiger partial charge in [-0.15, -0.1) is 0 Å². The Morgan fingerprint density at radius 2 is 1.83 bits per heavy atom. The van der Waals surface area contributed by atoms with Crippen LogP contribution in [0.3, 0.4) is 0 Å². The Kier molecular flexibility index (Phi) is 6.60. The average molecular weight is 435 g/mol. The molecule has 0 fully saturated rings. The van der Waals surface area contributed by atoms with E-state index in [4.69, 9.17) is 37.4 Å². The molecule has 2 aromatic carbocycles. The summed E-state index contributed by atoms with van der Waals surface area (Å²) in [6, 6.07) is 8.22. The first-order chi connectivity index (χ1) is 11.4. The second-order valence-corrected chi connectivity index (χ2v) is 6.30. The van der Waals surface area contributed by atoms with Gasteiger partial charge in [-0.3, -0.25) is 4.79 Å². The van der Waals surface area contributed by atoms with Gasteiger partial charge in [0.25, 0.3) is 5.91 Å². The number of halogens is 3. The van der Waals surface area contributed by atoms with Gasteiger partial charge in [-0.1, -0.05) is 23.2 Å². The highest BCUT2D eigenvalue weighted by Gasteiger charge is 2.12. The summed E-state index contributed by atoms with van der Waals surface area (Å²) < 4.78 is 16.4. The number of ether oxygens (including phenoxy) is 3. The van der Waals surface area contributed by atoms with E-state index in [-0.39, 0.29) is 12.5 Å². The van der Waals surface area contributed by atoms with Gasteiger partial charge in [-0.05, 0) is 40.2 Å². The number of amides is 1. The fourth-order valence-corrected chi connectivity index (χ4v) is 3.28. The first-order valence-electron chi connectivity index (χ1n) is 6.73. The van der Waals surface area contributed by atoms with Crippen LogP contribution in [0.2, 0.25) is 10.0 Å². The van der Waals surface area contributed by atoms with Crippen molar-refractivity contribution in [2.45, 2.75) is 0 Å². The topological polar surface area (TPSA) is 56.8 Å². The normalized spacial score (nSPS) is 10.2. The van der Waals surface area contributed by atoms with Crippen LogP contribution in [0.5, 0.6) is 17.2 Å². The zero-order valence-electron chi connectivity index (χ0n) is 12.9. The summed E-state index contributed by atoms with van der Waals surface area (Å²) in [5.41, 5.74) is 0.558. The van der Waals surface area contributed by atoms with Gasteiger partial charge in [0.1, 0.15) is 0 Å². The summed E-state index contributed by atoms with van der Waals surface area (Å²) in [7, 11) is 3.06. The molecule has 0 atom stereocenters. The van der Waals surface area contributed by atoms with Crippen molar-refractivity contribution in [3.63, 3.8) is 0 Å². The van der Waals surface area contributed by atoms with E-state index in [1.807, 2.05) is 0 Å². The standard InChI is InChI=1S/C16H14BrCl2NO4/c1-22-13-4-3-10(7-14(13)23-2)20-15(21)8-24-16-11(17)5-9(18)6-12(16)19/h3-7H,8H2,1-2H3,(H,20,21). The first-order valence-corrected chi connectivity index (χ1v) is 8.28. The molecule has 0 bridgehead atoms. The highest BCUT2D eigenvalue weighted by atomic mass is 79.9. The molecule has 0 aliphatic carbocycles. The van der Waals surface area contributed by atoms with E-state index in [1.54, 1.807) is 24.3 Å². The van der Waals surface area contributed by atoms with Gasteiger partial charge in [0.05, 0.1) is 23.7 Å². The molecule has 0 aliphatic rings. The van der Waals surface area contributed by atoms with Gasteiger partial charge in [0.2, 0.25) is 0 Å². The molecule has 128 valence electrons. The molecule has 0 radical (unpaired) electrons. The zero-order valence-corrected chi connectivity index (χ0v) is 16.0. The maximum absolute atomic E-state index is 12.0. The summed E-state index contributed by atoms with van der Waals surface area (Å²) in [5.74, 6) is 1.09. The second kappa shape index (κ2) is 8.46. The summed E-state index contributed by atoms with van der Waals surface area (Å²) in [6.07, 6.45) is 0. The number of hydrogen-bond donors (Lipinski definition) is 1. The van der Waals surface area contributed by atoms with Crippen molar-refractivity contribution < 1.29 is 19.0 Å². The van der Waals surface area contributed by atoms with E-state index in [0.29, 0.717) is 37.5 Å². The number of benzene rings is 2. The van der Waals surface area contributed by atoms with Crippen LogP contribution in [0.4, 0.5) is 5.69 Å². The van der Waals surface area contributed by atoms with Crippen molar-refractivity contribution in [3.8, 4) is 17.2 Å². The van der Waals surface area contributed by atoms with E-state index >= 15 is 0 Å². The molecule has 0 heterocycles. The summed E-state index contributed by atoms with van der Waals surface area (Å²) >= 11 is 15.2. The van der Waals surface area contributed by atoms with E-state index in [9.17, 15) is 4.79 Å². The van der Waals surface area contributed by atoms with Gasteiger partial charge >= 0.3 is 0 Å². The average Bonchev–Trinajstić information content (AvgIpc) is 2.53. The molecule has 0 aliphatic heterocycles. The first kappa shape index (κ1) is 18.7. The lowest BCUT2D eigenvalue weighted by Crippen LogP contribution is -2.20. The van der Waals surface area contributed by atoms with Crippen LogP contribution in [0.25, 0.3) is 0 Å². The van der Waals surface area contributed by atoms with Crippen LogP contribution in [-0.4, -0.2) is 26.7 Å². The summed E-state index contributed by atoms with van der Waals surface area (Å²) in [5, 5.41) is 3.48. The summed E-state index contributed by atoms with van der Waals surface area (Å²) in [6.45, 7) is -0.214. The maximum atomic E-state index is 12.0. The van der Waals surface area contributed by atoms with Crippen LogP contribution < -0.4 is 19.5 Å². The quantitative estimate of drug-likeness (QED) is 0.709. The number of anilines is 1. The largest absolute Gasteiger partial charge is 0.493 e. The molecule has 5 nitrogen and oxygen atoms in total. The van der Waals surface area contributed by atoms with E-state index in [0.717, 1.165) is 0 Å². The number of carbonyl (C=O) groups is 1. The SMILES string of the molecule is COc1ccc(NC(=O)COc2c(Cl)cc(Cl)cc2Br)cc1OC. The minimum atomic E-state index is -0.347. The van der Waals surface area contributed by atoms with Crippen molar-refractivity contribution in [1.82, 2.24) is 0 Å². The molecule has 8 heteroatoms. The smallest absolute Gasteiger partial charge is 0.262 e. The van der Waals surface area contributed by atoms with Crippen molar-refractivity contribution in [2.24, 2.45) is 0 Å². The van der Waals surface area contributed by atoms with Crippen LogP contribution >= 0.6 is 39.1 Å². The van der Waals surface area contributed by atoms with Gasteiger partial charge in [0.15, 0.2) is 23.9 Å². The molecule has 1 amide bonds. The third-order valence-electron chi connectivity index (χ3n) is 2.98. The number of carbonyl (C=O) groups excluding carboxylic acids is 1. The molecule has 0 saturated heterocycles. The lowest BCUT2D eigenvalue weighted by atomic mass is 10.2. The predicted octanol–water partition coefficient (Wildman–Crippen LogP) is 4.79. The van der Waals surface area contributed by atoms with E-state index < -0.39 is 0 Å². The maximum Gasteiger partial charge on any atom is 0.262 e. The number of methoxy groups -OCH3 is 2. The molecular weight excluding hydrogens is 421 g/mol. The van der Waals surface area contributed by atoms with Crippen LogP contribution in [0.1, 0.15) is 0 Å². The van der Waals surface area contributed by atoms with Crippen LogP contribution in [-0.2, 0) is 4.79 Å². The lowest BCUT2D eigenvalue weighted by Gasteiger charge is -2.12. The molecule has 0 saturated carbocycles. The molecule has 1 N–H and O–H groups in total. The molecule has 2 rings (SSSR count). The Hall–Kier alpha value is -1.63. The Morgan fingerprint density at radius 3 is 2.46 bits per heavy atom. The van der Waals surface area contributed by atoms with E-state index in [2.05, 4.69) is 21.2 Å². The fourth-order valence-electron chi connectivity index (χ4n) is 1.92. The van der Waals surface area contributed by atoms with Crippen molar-refractivity contribution in [1.29, 1.82) is 0 Å². The van der Waals surface area contributed by atoms with Gasteiger partial charge < -0.3 is 19.5 Å². The molecular formula is C16H14BrCl2NO4. The van der Waals surface area contributed by atoms with Crippen molar-refractivity contribution in [3.05, 3.63) is 44.8 Å². The highest BCUT2D eigenvalue weighted by Crippen LogP contribution is 2.36. The highest BCUT2D eigenvalue weighted by molar-refractivity contribution is 9.10. The van der Waals surface area contributed by atoms with Gasteiger partial charge in [0, 0.05) is 16.8 Å².